The number of likely N-dealkylation sites (tertiary alicyclic amines) is 1. The third kappa shape index (κ3) is 5.88. The van der Waals surface area contributed by atoms with E-state index in [1.807, 2.05) is 0 Å². The number of aliphatic hydroxyl groups is 1. The summed E-state index contributed by atoms with van der Waals surface area (Å²) in [5, 5.41) is 13.1. The van der Waals surface area contributed by atoms with Crippen LogP contribution < -0.4 is 9.47 Å². The number of methoxy groups -OCH3 is 1. The lowest BCUT2D eigenvalue weighted by Crippen LogP contribution is -2.78. The summed E-state index contributed by atoms with van der Waals surface area (Å²) >= 11 is 0. The number of aryl methyl sites for hydroxylation is 2. The lowest BCUT2D eigenvalue weighted by atomic mass is 9.48. The zero-order valence-electron chi connectivity index (χ0n) is 29.1. The summed E-state index contributed by atoms with van der Waals surface area (Å²) in [4.78, 5) is 5.49. The fraction of sp³-hybridized carbons (Fsp3) is 0.581. The first-order valence-electron chi connectivity index (χ1n) is 19.3. The van der Waals surface area contributed by atoms with Crippen LogP contribution >= 0.6 is 0 Å². The van der Waals surface area contributed by atoms with Crippen molar-refractivity contribution in [1.82, 2.24) is 9.80 Å². The van der Waals surface area contributed by atoms with Gasteiger partial charge in [0, 0.05) is 24.2 Å². The molecule has 3 aliphatic carbocycles. The molecule has 2 aliphatic heterocycles. The number of hydrogen-bond donors (Lipinski definition) is 1. The fourth-order valence-electron chi connectivity index (χ4n) is 10.4. The van der Waals surface area contributed by atoms with Gasteiger partial charge in [0.2, 0.25) is 0 Å². The Morgan fingerprint density at radius 3 is 2.17 bits per heavy atom. The van der Waals surface area contributed by atoms with Crippen molar-refractivity contribution in [2.45, 2.75) is 119 Å². The van der Waals surface area contributed by atoms with Gasteiger partial charge in [-0.15, -0.1) is 0 Å². The summed E-state index contributed by atoms with van der Waals surface area (Å²) in [6, 6.07) is 26.8. The normalized spacial score (nSPS) is 28.7. The van der Waals surface area contributed by atoms with E-state index in [1.165, 1.54) is 80.0 Å². The third-order valence-corrected chi connectivity index (χ3v) is 12.9. The van der Waals surface area contributed by atoms with E-state index in [9.17, 15) is 5.11 Å². The largest absolute Gasteiger partial charge is 0.493 e. The number of rotatable bonds is 16. The molecule has 0 radical (unpaired) electrons. The molecule has 0 unspecified atom stereocenters. The minimum absolute atomic E-state index is 0.0422. The van der Waals surface area contributed by atoms with Crippen LogP contribution in [0, 0.1) is 5.92 Å². The lowest BCUT2D eigenvalue weighted by molar-refractivity contribution is -0.200. The first kappa shape index (κ1) is 32.4. The van der Waals surface area contributed by atoms with Crippen molar-refractivity contribution in [2.75, 3.05) is 33.3 Å². The highest BCUT2D eigenvalue weighted by Crippen LogP contribution is 2.66. The van der Waals surface area contributed by atoms with Crippen LogP contribution in [0.5, 0.6) is 11.5 Å². The lowest BCUT2D eigenvalue weighted by Gasteiger charge is -2.65. The van der Waals surface area contributed by atoms with Crippen molar-refractivity contribution in [3.63, 3.8) is 0 Å². The topological polar surface area (TPSA) is 45.2 Å². The van der Waals surface area contributed by atoms with Crippen molar-refractivity contribution in [3.05, 3.63) is 95.1 Å². The molecule has 256 valence electrons. The van der Waals surface area contributed by atoms with Crippen molar-refractivity contribution in [3.8, 4) is 11.5 Å². The predicted molar refractivity (Wildman–Crippen MR) is 193 cm³/mol. The molecular formula is C43H56N2O3. The molecule has 0 amide bonds. The maximum atomic E-state index is 13.1. The van der Waals surface area contributed by atoms with Crippen LogP contribution in [0.2, 0.25) is 0 Å². The van der Waals surface area contributed by atoms with E-state index in [0.717, 1.165) is 75.7 Å². The summed E-state index contributed by atoms with van der Waals surface area (Å²) in [6.07, 6.45) is 16.1. The molecule has 3 aromatic rings. The molecule has 48 heavy (non-hydrogen) atoms. The first-order valence-corrected chi connectivity index (χ1v) is 19.3. The minimum Gasteiger partial charge on any atom is -0.493 e. The summed E-state index contributed by atoms with van der Waals surface area (Å²) < 4.78 is 13.2. The highest BCUT2D eigenvalue weighted by atomic mass is 16.5. The Kier molecular flexibility index (Phi) is 9.30. The first-order chi connectivity index (χ1) is 23.6. The van der Waals surface area contributed by atoms with E-state index in [-0.39, 0.29) is 17.6 Å². The van der Waals surface area contributed by atoms with Gasteiger partial charge in [0.15, 0.2) is 11.5 Å². The van der Waals surface area contributed by atoms with E-state index < -0.39 is 5.60 Å². The van der Waals surface area contributed by atoms with E-state index in [2.05, 4.69) is 82.6 Å². The zero-order chi connectivity index (χ0) is 32.6. The molecule has 1 N–H and O–H groups in total. The standard InChI is InChI=1S/C43H56N2O3/c1-47-37-23-22-35-30-38-43(46)25-24-36(41-42(43,39(35)40(37)48-41)26-29-45(38)31-34-20-21-34)44(28-13-11-19-33-17-9-5-10-18-33)27-12-3-2-6-14-32-15-7-4-8-16-32/h4-5,7-10,15-18,22-23,34,36,38,41,46H,2-3,6,11-14,19-21,24-31H2,1H3/t36-,38+,41-,42-,43+/m0/s1. The molecule has 1 saturated heterocycles. The van der Waals surface area contributed by atoms with E-state index >= 15 is 0 Å². The Morgan fingerprint density at radius 1 is 0.812 bits per heavy atom. The highest BCUT2D eigenvalue weighted by molar-refractivity contribution is 5.63. The van der Waals surface area contributed by atoms with E-state index in [4.69, 9.17) is 9.47 Å². The highest BCUT2D eigenvalue weighted by Gasteiger charge is 2.73. The van der Waals surface area contributed by atoms with Crippen LogP contribution in [-0.4, -0.2) is 72.0 Å². The van der Waals surface area contributed by atoms with Gasteiger partial charge >= 0.3 is 0 Å². The SMILES string of the molecule is COc1ccc2c3c1O[C@H]1[C@@H](N(CCCCCCc4ccccc4)CCCCc4ccccc4)CC[C@@]4(O)[C@@H](C2)N(CC2CC2)CC[C@]314. The maximum absolute atomic E-state index is 13.1. The molecule has 3 fully saturated rings. The zero-order valence-corrected chi connectivity index (χ0v) is 29.1. The number of ether oxygens (including phenoxy) is 2. The molecule has 5 heteroatoms. The Balaban J connectivity index is 1.03. The summed E-state index contributed by atoms with van der Waals surface area (Å²) in [7, 11) is 1.77. The quantitative estimate of drug-likeness (QED) is 0.161. The van der Waals surface area contributed by atoms with Gasteiger partial charge in [-0.1, -0.05) is 79.6 Å². The van der Waals surface area contributed by atoms with Crippen LogP contribution in [0.3, 0.4) is 0 Å². The van der Waals surface area contributed by atoms with Crippen molar-refractivity contribution >= 4 is 0 Å². The Morgan fingerprint density at radius 2 is 1.48 bits per heavy atom. The van der Waals surface area contributed by atoms with Gasteiger partial charge in [-0.3, -0.25) is 9.80 Å². The van der Waals surface area contributed by atoms with Gasteiger partial charge < -0.3 is 14.6 Å². The summed E-state index contributed by atoms with van der Waals surface area (Å²) in [5.41, 5.74) is 4.44. The summed E-state index contributed by atoms with van der Waals surface area (Å²) in [5.74, 6) is 2.59. The molecule has 5 nitrogen and oxygen atoms in total. The van der Waals surface area contributed by atoms with Gasteiger partial charge in [0.25, 0.3) is 0 Å². The average Bonchev–Trinajstić information content (AvgIpc) is 3.86. The molecule has 2 heterocycles. The number of nitrogens with zero attached hydrogens (tertiary/aromatic N) is 2. The fourth-order valence-corrected chi connectivity index (χ4v) is 10.4. The Labute approximate surface area is 288 Å². The van der Waals surface area contributed by atoms with Gasteiger partial charge in [0.05, 0.1) is 18.1 Å². The van der Waals surface area contributed by atoms with Crippen molar-refractivity contribution in [2.24, 2.45) is 5.92 Å². The van der Waals surface area contributed by atoms with Gasteiger partial charge in [-0.25, -0.2) is 0 Å². The molecule has 8 rings (SSSR count). The second kappa shape index (κ2) is 13.8. The molecular weight excluding hydrogens is 592 g/mol. The number of unbranched alkanes of at least 4 members (excludes halogenated alkanes) is 4. The van der Waals surface area contributed by atoms with Gasteiger partial charge in [-0.2, -0.15) is 0 Å². The van der Waals surface area contributed by atoms with Crippen LogP contribution in [0.1, 0.15) is 92.9 Å². The number of hydrogen-bond acceptors (Lipinski definition) is 5. The predicted octanol–water partition coefficient (Wildman–Crippen LogP) is 7.76. The van der Waals surface area contributed by atoms with Crippen LogP contribution in [-0.2, 0) is 24.7 Å². The number of benzene rings is 3. The van der Waals surface area contributed by atoms with Crippen LogP contribution in [0.4, 0.5) is 0 Å². The molecule has 2 saturated carbocycles. The van der Waals surface area contributed by atoms with E-state index in [1.54, 1.807) is 7.11 Å². The summed E-state index contributed by atoms with van der Waals surface area (Å²) in [6.45, 7) is 4.40. The van der Waals surface area contributed by atoms with Gasteiger partial charge in [0.1, 0.15) is 6.10 Å². The minimum atomic E-state index is -0.762. The Hall–Kier alpha value is -2.86. The second-order valence-corrected chi connectivity index (χ2v) is 15.7. The monoisotopic (exact) mass is 648 g/mol. The smallest absolute Gasteiger partial charge is 0.165 e. The molecule has 5 aliphatic rings. The van der Waals surface area contributed by atoms with Crippen molar-refractivity contribution < 1.29 is 14.6 Å². The molecule has 2 bridgehead atoms. The maximum Gasteiger partial charge on any atom is 0.165 e. The van der Waals surface area contributed by atoms with Crippen molar-refractivity contribution in [1.29, 1.82) is 0 Å². The molecule has 5 atom stereocenters. The van der Waals surface area contributed by atoms with Gasteiger partial charge in [-0.05, 0) is 125 Å². The average molecular weight is 649 g/mol. The van der Waals surface area contributed by atoms with Crippen LogP contribution in [0.15, 0.2) is 72.8 Å². The molecule has 3 aromatic carbocycles. The second-order valence-electron chi connectivity index (χ2n) is 15.7. The van der Waals surface area contributed by atoms with E-state index in [0.29, 0.717) is 6.04 Å². The molecule has 0 aromatic heterocycles. The van der Waals surface area contributed by atoms with Crippen LogP contribution in [0.25, 0.3) is 0 Å². The number of piperidine rings is 1. The molecule has 1 spiro atoms. The Bertz CT molecular complexity index is 1530. The third-order valence-electron chi connectivity index (χ3n) is 12.9.